The van der Waals surface area contributed by atoms with E-state index in [0.717, 1.165) is 54.7 Å². The van der Waals surface area contributed by atoms with Crippen LogP contribution in [0.2, 0.25) is 10.0 Å². The van der Waals surface area contributed by atoms with Crippen LogP contribution in [0.25, 0.3) is 11.0 Å². The Labute approximate surface area is 171 Å². The summed E-state index contributed by atoms with van der Waals surface area (Å²) in [5, 5.41) is 5.44. The average molecular weight is 453 g/mol. The zero-order valence-electron chi connectivity index (χ0n) is 14.3. The van der Waals surface area contributed by atoms with Crippen LogP contribution in [-0.4, -0.2) is 22.6 Å². The van der Waals surface area contributed by atoms with Gasteiger partial charge in [-0.25, -0.2) is 4.98 Å². The van der Waals surface area contributed by atoms with Gasteiger partial charge in [0.05, 0.1) is 21.1 Å². The zero-order valence-corrected chi connectivity index (χ0v) is 17.4. The lowest BCUT2D eigenvalue weighted by Gasteiger charge is -2.23. The minimum absolute atomic E-state index is 0.461. The molecule has 0 aliphatic carbocycles. The Morgan fingerprint density at radius 3 is 2.38 bits per heavy atom. The molecule has 0 radical (unpaired) electrons. The number of halogens is 3. The first-order chi connectivity index (χ1) is 12.7. The van der Waals surface area contributed by atoms with Crippen molar-refractivity contribution >= 4 is 50.2 Å². The summed E-state index contributed by atoms with van der Waals surface area (Å²) in [7, 11) is 0. The van der Waals surface area contributed by atoms with Crippen molar-refractivity contribution in [1.82, 2.24) is 14.9 Å². The molecule has 0 amide bonds. The molecule has 6 heteroatoms. The molecule has 1 fully saturated rings. The zero-order chi connectivity index (χ0) is 18.1. The lowest BCUT2D eigenvalue weighted by Crippen LogP contribution is -2.28. The number of piperidine rings is 1. The van der Waals surface area contributed by atoms with Gasteiger partial charge >= 0.3 is 0 Å². The van der Waals surface area contributed by atoms with Crippen molar-refractivity contribution in [2.24, 2.45) is 0 Å². The molecule has 1 N–H and O–H groups in total. The first kappa shape index (κ1) is 18.3. The van der Waals surface area contributed by atoms with E-state index >= 15 is 0 Å². The van der Waals surface area contributed by atoms with Crippen LogP contribution >= 0.6 is 39.1 Å². The number of fused-ring (bicyclic) bond motifs is 1. The van der Waals surface area contributed by atoms with Crippen LogP contribution in [0.5, 0.6) is 0 Å². The van der Waals surface area contributed by atoms with E-state index in [1.165, 1.54) is 11.1 Å². The number of hydrogen-bond donors (Lipinski definition) is 1. The van der Waals surface area contributed by atoms with E-state index < -0.39 is 0 Å². The Balaban J connectivity index is 1.79. The molecule has 3 nitrogen and oxygen atoms in total. The predicted octanol–water partition coefficient (Wildman–Crippen LogP) is 5.75. The van der Waals surface area contributed by atoms with E-state index in [4.69, 9.17) is 28.2 Å². The van der Waals surface area contributed by atoms with Crippen molar-refractivity contribution in [3.05, 3.63) is 63.4 Å². The average Bonchev–Trinajstić information content (AvgIpc) is 3.01. The summed E-state index contributed by atoms with van der Waals surface area (Å²) < 4.78 is 2.32. The van der Waals surface area contributed by atoms with Gasteiger partial charge in [-0.1, -0.05) is 63.4 Å². The molecule has 1 saturated heterocycles. The molecule has 3 aromatic rings. The number of rotatable bonds is 4. The molecule has 0 spiro atoms. The Morgan fingerprint density at radius 1 is 1.04 bits per heavy atom. The van der Waals surface area contributed by atoms with Gasteiger partial charge in [-0.05, 0) is 49.2 Å². The SMILES string of the molecule is Clc1cc2nc(C3CCNCC3)n(Cc3ccc(CBr)cc3)c2cc1Cl. The number of aromatic nitrogens is 2. The molecule has 0 unspecified atom stereocenters. The molecule has 0 saturated carbocycles. The van der Waals surface area contributed by atoms with Gasteiger partial charge in [0.1, 0.15) is 5.82 Å². The second kappa shape index (κ2) is 7.89. The highest BCUT2D eigenvalue weighted by molar-refractivity contribution is 9.08. The monoisotopic (exact) mass is 451 g/mol. The topological polar surface area (TPSA) is 29.9 Å². The van der Waals surface area contributed by atoms with Crippen LogP contribution in [0.4, 0.5) is 0 Å². The highest BCUT2D eigenvalue weighted by atomic mass is 79.9. The van der Waals surface area contributed by atoms with E-state index in [2.05, 4.69) is 50.1 Å². The van der Waals surface area contributed by atoms with Crippen LogP contribution in [0, 0.1) is 0 Å². The van der Waals surface area contributed by atoms with Gasteiger partial charge in [0.15, 0.2) is 0 Å². The van der Waals surface area contributed by atoms with E-state index in [-0.39, 0.29) is 0 Å². The largest absolute Gasteiger partial charge is 0.323 e. The van der Waals surface area contributed by atoms with Gasteiger partial charge in [0, 0.05) is 17.8 Å². The number of nitrogens with one attached hydrogen (secondary N) is 1. The van der Waals surface area contributed by atoms with Gasteiger partial charge in [0.2, 0.25) is 0 Å². The quantitative estimate of drug-likeness (QED) is 0.510. The summed E-state index contributed by atoms with van der Waals surface area (Å²) in [6.07, 6.45) is 2.21. The van der Waals surface area contributed by atoms with Crippen molar-refractivity contribution in [3.8, 4) is 0 Å². The van der Waals surface area contributed by atoms with Gasteiger partial charge in [-0.3, -0.25) is 0 Å². The van der Waals surface area contributed by atoms with Gasteiger partial charge in [0.25, 0.3) is 0 Å². The standard InChI is InChI=1S/C20H20BrCl2N3/c21-11-13-1-3-14(4-2-13)12-26-19-10-17(23)16(22)9-18(19)25-20(26)15-5-7-24-8-6-15/h1-4,9-10,15,24H,5-8,11-12H2. The normalized spacial score (nSPS) is 15.7. The molecule has 2 aromatic carbocycles. The summed E-state index contributed by atoms with van der Waals surface area (Å²) in [4.78, 5) is 4.95. The Bertz CT molecular complexity index is 915. The molecule has 136 valence electrons. The summed E-state index contributed by atoms with van der Waals surface area (Å²) >= 11 is 16.0. The molecular formula is C20H20BrCl2N3. The third-order valence-electron chi connectivity index (χ3n) is 5.04. The van der Waals surface area contributed by atoms with Crippen LogP contribution in [-0.2, 0) is 11.9 Å². The molecule has 0 bridgehead atoms. The van der Waals surface area contributed by atoms with E-state index in [0.29, 0.717) is 16.0 Å². The minimum atomic E-state index is 0.461. The maximum Gasteiger partial charge on any atom is 0.113 e. The third kappa shape index (κ3) is 3.65. The highest BCUT2D eigenvalue weighted by Gasteiger charge is 2.23. The molecule has 1 aliphatic heterocycles. The van der Waals surface area contributed by atoms with Crippen LogP contribution < -0.4 is 5.32 Å². The summed E-state index contributed by atoms with van der Waals surface area (Å²) in [6.45, 7) is 2.86. The third-order valence-corrected chi connectivity index (χ3v) is 6.41. The van der Waals surface area contributed by atoms with Crippen molar-refractivity contribution in [1.29, 1.82) is 0 Å². The van der Waals surface area contributed by atoms with Crippen LogP contribution in [0.15, 0.2) is 36.4 Å². The van der Waals surface area contributed by atoms with E-state index in [1.54, 1.807) is 0 Å². The fraction of sp³-hybridized carbons (Fsp3) is 0.350. The maximum atomic E-state index is 6.31. The number of imidazole rings is 1. The first-order valence-corrected chi connectivity index (χ1v) is 10.7. The van der Waals surface area contributed by atoms with Crippen molar-refractivity contribution < 1.29 is 0 Å². The fourth-order valence-corrected chi connectivity index (χ4v) is 4.30. The molecule has 4 rings (SSSR count). The number of hydrogen-bond acceptors (Lipinski definition) is 2. The summed E-state index contributed by atoms with van der Waals surface area (Å²) in [5.41, 5.74) is 4.51. The van der Waals surface area contributed by atoms with Gasteiger partial charge in [-0.2, -0.15) is 0 Å². The minimum Gasteiger partial charge on any atom is -0.323 e. The molecule has 0 atom stereocenters. The second-order valence-corrected chi connectivity index (χ2v) is 8.16. The van der Waals surface area contributed by atoms with E-state index in [1.807, 2.05) is 12.1 Å². The fourth-order valence-electron chi connectivity index (χ4n) is 3.61. The Hall–Kier alpha value is -1.07. The highest BCUT2D eigenvalue weighted by Crippen LogP contribution is 2.33. The molecule has 26 heavy (non-hydrogen) atoms. The lowest BCUT2D eigenvalue weighted by atomic mass is 9.97. The van der Waals surface area contributed by atoms with Crippen molar-refractivity contribution in [3.63, 3.8) is 0 Å². The van der Waals surface area contributed by atoms with Crippen LogP contribution in [0.1, 0.15) is 35.7 Å². The predicted molar refractivity (Wildman–Crippen MR) is 113 cm³/mol. The van der Waals surface area contributed by atoms with E-state index in [9.17, 15) is 0 Å². The molecule has 1 aromatic heterocycles. The second-order valence-electron chi connectivity index (χ2n) is 6.79. The number of benzene rings is 2. The molecular weight excluding hydrogens is 433 g/mol. The van der Waals surface area contributed by atoms with Crippen LogP contribution in [0.3, 0.4) is 0 Å². The van der Waals surface area contributed by atoms with Crippen molar-refractivity contribution in [2.75, 3.05) is 13.1 Å². The summed E-state index contributed by atoms with van der Waals surface area (Å²) in [6, 6.07) is 12.5. The smallest absolute Gasteiger partial charge is 0.113 e. The van der Waals surface area contributed by atoms with Crippen molar-refractivity contribution in [2.45, 2.75) is 30.6 Å². The summed E-state index contributed by atoms with van der Waals surface area (Å²) in [5.74, 6) is 1.60. The number of alkyl halides is 1. The Kier molecular flexibility index (Phi) is 5.55. The van der Waals surface area contributed by atoms with Gasteiger partial charge < -0.3 is 9.88 Å². The maximum absolute atomic E-state index is 6.31. The first-order valence-electron chi connectivity index (χ1n) is 8.85. The Morgan fingerprint density at radius 2 is 1.69 bits per heavy atom. The number of nitrogens with zero attached hydrogens (tertiary/aromatic N) is 2. The molecule has 1 aliphatic rings. The lowest BCUT2D eigenvalue weighted by molar-refractivity contribution is 0.435. The molecule has 2 heterocycles. The van der Waals surface area contributed by atoms with Gasteiger partial charge in [-0.15, -0.1) is 0 Å².